The molecule has 1 heterocycles. The number of imide groups is 2. The first-order valence-electron chi connectivity index (χ1n) is 8.49. The van der Waals surface area contributed by atoms with Gasteiger partial charge in [-0.1, -0.05) is 15.9 Å². The molecule has 0 radical (unpaired) electrons. The van der Waals surface area contributed by atoms with Crippen molar-refractivity contribution in [1.82, 2.24) is 5.32 Å². The third-order valence-corrected chi connectivity index (χ3v) is 4.54. The van der Waals surface area contributed by atoms with Crippen LogP contribution < -0.4 is 15.0 Å². The van der Waals surface area contributed by atoms with Crippen LogP contribution in [-0.2, 0) is 9.59 Å². The predicted octanol–water partition coefficient (Wildman–Crippen LogP) is 3.21. The highest BCUT2D eigenvalue weighted by Crippen LogP contribution is 2.28. The van der Waals surface area contributed by atoms with Gasteiger partial charge in [-0.3, -0.25) is 14.9 Å². The summed E-state index contributed by atoms with van der Waals surface area (Å²) in [6.45, 7) is 2.19. The molecule has 4 amide bonds. The van der Waals surface area contributed by atoms with Gasteiger partial charge in [-0.05, 0) is 55.5 Å². The average Bonchev–Trinajstić information content (AvgIpc) is 2.67. The summed E-state index contributed by atoms with van der Waals surface area (Å²) in [4.78, 5) is 49.3. The van der Waals surface area contributed by atoms with Gasteiger partial charge in [0.05, 0.1) is 17.9 Å². The van der Waals surface area contributed by atoms with Gasteiger partial charge in [-0.15, -0.1) is 0 Å². The van der Waals surface area contributed by atoms with Crippen LogP contribution in [0.5, 0.6) is 5.75 Å². The third kappa shape index (κ3) is 4.19. The van der Waals surface area contributed by atoms with E-state index in [1.54, 1.807) is 25.1 Å². The topological polar surface area (TPSA) is 113 Å². The molecule has 0 unspecified atom stereocenters. The molecular formula is C20H15BrN2O6. The predicted molar refractivity (Wildman–Crippen MR) is 108 cm³/mol. The number of carbonyl (C=O) groups is 4. The molecule has 0 bridgehead atoms. The Hall–Kier alpha value is -3.46. The number of urea groups is 1. The summed E-state index contributed by atoms with van der Waals surface area (Å²) in [5.74, 6) is -2.33. The Bertz CT molecular complexity index is 1050. The van der Waals surface area contributed by atoms with E-state index in [9.17, 15) is 19.2 Å². The van der Waals surface area contributed by atoms with Gasteiger partial charge in [-0.25, -0.2) is 14.5 Å². The van der Waals surface area contributed by atoms with E-state index in [4.69, 9.17) is 9.84 Å². The minimum absolute atomic E-state index is 0.000880. The Morgan fingerprint density at radius 3 is 2.48 bits per heavy atom. The molecule has 1 saturated heterocycles. The molecule has 0 saturated carbocycles. The number of nitrogens with one attached hydrogen (secondary N) is 1. The maximum Gasteiger partial charge on any atom is 0.335 e. The fraction of sp³-hybridized carbons (Fsp3) is 0.100. The zero-order chi connectivity index (χ0) is 21.1. The lowest BCUT2D eigenvalue weighted by atomic mass is 10.1. The zero-order valence-corrected chi connectivity index (χ0v) is 16.7. The Morgan fingerprint density at radius 2 is 1.86 bits per heavy atom. The van der Waals surface area contributed by atoms with Crippen molar-refractivity contribution in [2.24, 2.45) is 0 Å². The maximum absolute atomic E-state index is 12.9. The van der Waals surface area contributed by atoms with Crippen LogP contribution in [0, 0.1) is 0 Å². The van der Waals surface area contributed by atoms with Crippen molar-refractivity contribution < 1.29 is 29.0 Å². The lowest BCUT2D eigenvalue weighted by Crippen LogP contribution is -2.54. The molecule has 2 aromatic rings. The molecule has 9 heteroatoms. The Labute approximate surface area is 173 Å². The summed E-state index contributed by atoms with van der Waals surface area (Å²) in [6.07, 6.45) is 1.35. The van der Waals surface area contributed by atoms with Gasteiger partial charge in [0.25, 0.3) is 11.8 Å². The molecule has 0 aliphatic carbocycles. The van der Waals surface area contributed by atoms with Crippen molar-refractivity contribution in [2.45, 2.75) is 6.92 Å². The molecule has 1 aliphatic rings. The van der Waals surface area contributed by atoms with Crippen LogP contribution in [0.2, 0.25) is 0 Å². The van der Waals surface area contributed by atoms with E-state index < -0.39 is 23.8 Å². The van der Waals surface area contributed by atoms with Crippen molar-refractivity contribution in [1.29, 1.82) is 0 Å². The minimum atomic E-state index is -1.14. The monoisotopic (exact) mass is 458 g/mol. The average molecular weight is 459 g/mol. The first-order valence-corrected chi connectivity index (χ1v) is 9.28. The summed E-state index contributed by atoms with van der Waals surface area (Å²) >= 11 is 3.34. The van der Waals surface area contributed by atoms with Crippen LogP contribution in [0.15, 0.2) is 52.5 Å². The molecule has 1 fully saturated rings. The lowest BCUT2D eigenvalue weighted by Gasteiger charge is -2.26. The number of ether oxygens (including phenoxy) is 1. The summed E-state index contributed by atoms with van der Waals surface area (Å²) in [6, 6.07) is 9.38. The van der Waals surface area contributed by atoms with E-state index in [0.29, 0.717) is 22.4 Å². The first kappa shape index (κ1) is 20.3. The van der Waals surface area contributed by atoms with Crippen molar-refractivity contribution >= 4 is 51.5 Å². The largest absolute Gasteiger partial charge is 0.493 e. The van der Waals surface area contributed by atoms with E-state index in [1.807, 2.05) is 0 Å². The van der Waals surface area contributed by atoms with Crippen LogP contribution in [0.3, 0.4) is 0 Å². The fourth-order valence-electron chi connectivity index (χ4n) is 2.72. The van der Waals surface area contributed by atoms with E-state index >= 15 is 0 Å². The number of carbonyl (C=O) groups excluding carboxylic acids is 3. The van der Waals surface area contributed by atoms with E-state index in [0.717, 1.165) is 4.90 Å². The van der Waals surface area contributed by atoms with Crippen molar-refractivity contribution in [3.8, 4) is 5.75 Å². The third-order valence-electron chi connectivity index (χ3n) is 4.05. The Balaban J connectivity index is 2.02. The summed E-state index contributed by atoms with van der Waals surface area (Å²) in [7, 11) is 0. The normalized spacial score (nSPS) is 15.4. The SMILES string of the molecule is CCOc1ccc(Br)cc1/C=C1\C(=O)NC(=O)N(c2ccc(C(=O)O)cc2)C1=O. The summed E-state index contributed by atoms with van der Waals surface area (Å²) in [5, 5.41) is 11.1. The van der Waals surface area contributed by atoms with Gasteiger partial charge in [-0.2, -0.15) is 0 Å². The number of aromatic carboxylic acids is 1. The molecule has 0 spiro atoms. The second-order valence-corrected chi connectivity index (χ2v) is 6.84. The lowest BCUT2D eigenvalue weighted by molar-refractivity contribution is -0.122. The summed E-state index contributed by atoms with van der Waals surface area (Å²) in [5.41, 5.74) is 0.359. The molecule has 29 heavy (non-hydrogen) atoms. The number of hydrogen-bond donors (Lipinski definition) is 2. The fourth-order valence-corrected chi connectivity index (χ4v) is 3.10. The second kappa shape index (κ2) is 8.27. The molecule has 0 atom stereocenters. The number of carboxylic acids is 1. The van der Waals surface area contributed by atoms with Gasteiger partial charge in [0.15, 0.2) is 0 Å². The molecule has 2 N–H and O–H groups in total. The maximum atomic E-state index is 12.9. The Kier molecular flexibility index (Phi) is 5.79. The number of hydrogen-bond acceptors (Lipinski definition) is 5. The van der Waals surface area contributed by atoms with Gasteiger partial charge in [0.2, 0.25) is 0 Å². The van der Waals surface area contributed by atoms with Crippen molar-refractivity contribution in [3.05, 3.63) is 63.6 Å². The van der Waals surface area contributed by atoms with Crippen molar-refractivity contribution in [3.63, 3.8) is 0 Å². The number of rotatable bonds is 5. The number of nitrogens with zero attached hydrogens (tertiary/aromatic N) is 1. The number of barbiturate groups is 1. The number of anilines is 1. The Morgan fingerprint density at radius 1 is 1.17 bits per heavy atom. The zero-order valence-electron chi connectivity index (χ0n) is 15.1. The summed E-state index contributed by atoms with van der Waals surface area (Å²) < 4.78 is 6.24. The molecule has 1 aliphatic heterocycles. The van der Waals surface area contributed by atoms with E-state index in [-0.39, 0.29) is 16.8 Å². The van der Waals surface area contributed by atoms with Crippen molar-refractivity contribution in [2.75, 3.05) is 11.5 Å². The smallest absolute Gasteiger partial charge is 0.335 e. The number of carboxylic acid groups (broad SMARTS) is 1. The second-order valence-electron chi connectivity index (χ2n) is 5.93. The van der Waals surface area contributed by atoms with Crippen LogP contribution in [0.4, 0.5) is 10.5 Å². The van der Waals surface area contributed by atoms with Gasteiger partial charge in [0.1, 0.15) is 11.3 Å². The highest BCUT2D eigenvalue weighted by atomic mass is 79.9. The molecule has 148 valence electrons. The standard InChI is InChI=1S/C20H15BrN2O6/c1-2-29-16-8-5-13(21)9-12(16)10-15-17(24)22-20(28)23(18(15)25)14-6-3-11(4-7-14)19(26)27/h3-10H,2H2,1H3,(H,26,27)(H,22,24,28)/b15-10+. The van der Waals surface area contributed by atoms with Gasteiger partial charge in [0, 0.05) is 10.0 Å². The van der Waals surface area contributed by atoms with Gasteiger partial charge >= 0.3 is 12.0 Å². The molecular weight excluding hydrogens is 444 g/mol. The number of amides is 4. The van der Waals surface area contributed by atoms with Crippen LogP contribution in [0.1, 0.15) is 22.8 Å². The van der Waals surface area contributed by atoms with Crippen LogP contribution in [0.25, 0.3) is 6.08 Å². The molecule has 2 aromatic carbocycles. The van der Waals surface area contributed by atoms with Gasteiger partial charge < -0.3 is 9.84 Å². The highest BCUT2D eigenvalue weighted by Gasteiger charge is 2.37. The quantitative estimate of drug-likeness (QED) is 0.525. The molecule has 0 aromatic heterocycles. The number of halogens is 1. The van der Waals surface area contributed by atoms with E-state index in [2.05, 4.69) is 21.2 Å². The van der Waals surface area contributed by atoms with Crippen LogP contribution in [-0.4, -0.2) is 35.5 Å². The minimum Gasteiger partial charge on any atom is -0.493 e. The highest BCUT2D eigenvalue weighted by molar-refractivity contribution is 9.10. The molecule has 3 rings (SSSR count). The van der Waals surface area contributed by atoms with E-state index in [1.165, 1.54) is 30.3 Å². The van der Waals surface area contributed by atoms with Crippen LogP contribution >= 0.6 is 15.9 Å². The first-order chi connectivity index (χ1) is 13.8. The molecule has 8 nitrogen and oxygen atoms in total. The number of benzene rings is 2.